The first-order chi connectivity index (χ1) is 7.02. The first-order valence-corrected chi connectivity index (χ1v) is 6.01. The van der Waals surface area contributed by atoms with E-state index in [1.807, 2.05) is 6.92 Å². The van der Waals surface area contributed by atoms with Gasteiger partial charge in [0.1, 0.15) is 6.04 Å². The number of hydrogen-bond acceptors (Lipinski definition) is 2. The molecule has 3 nitrogen and oxygen atoms in total. The number of hydrogen-bond donors (Lipinski definition) is 1. The van der Waals surface area contributed by atoms with E-state index in [1.54, 1.807) is 0 Å². The fourth-order valence-electron chi connectivity index (χ4n) is 2.42. The molecule has 1 rings (SSSR count). The fourth-order valence-corrected chi connectivity index (χ4v) is 2.42. The molecular formula is C12H23NO2. The Morgan fingerprint density at radius 3 is 2.27 bits per heavy atom. The molecule has 1 aliphatic rings. The molecule has 0 amide bonds. The van der Waals surface area contributed by atoms with Crippen molar-refractivity contribution >= 4 is 5.97 Å². The normalized spacial score (nSPS) is 20.1. The average Bonchev–Trinajstić information content (AvgIpc) is 2.65. The number of carboxylic acid groups (broad SMARTS) is 1. The second-order valence-electron chi connectivity index (χ2n) is 5.04. The van der Waals surface area contributed by atoms with Gasteiger partial charge in [-0.1, -0.05) is 26.7 Å². The minimum Gasteiger partial charge on any atom is -0.480 e. The van der Waals surface area contributed by atoms with Crippen molar-refractivity contribution in [1.82, 2.24) is 4.90 Å². The monoisotopic (exact) mass is 213 g/mol. The number of nitrogens with zero attached hydrogens (tertiary/aromatic N) is 1. The molecule has 0 aromatic rings. The standard InChI is InChI=1S/C12H23NO2/c1-9(2)8-13(10(3)12(14)15)11-6-4-5-7-11/h9-11H,4-8H2,1-3H3,(H,14,15). The average molecular weight is 213 g/mol. The molecule has 0 aromatic carbocycles. The van der Waals surface area contributed by atoms with Crippen LogP contribution in [0.2, 0.25) is 0 Å². The van der Waals surface area contributed by atoms with Crippen LogP contribution < -0.4 is 0 Å². The molecule has 88 valence electrons. The van der Waals surface area contributed by atoms with Crippen LogP contribution >= 0.6 is 0 Å². The Morgan fingerprint density at radius 2 is 1.87 bits per heavy atom. The van der Waals surface area contributed by atoms with Gasteiger partial charge in [-0.3, -0.25) is 9.69 Å². The van der Waals surface area contributed by atoms with Gasteiger partial charge in [0.15, 0.2) is 0 Å². The Labute approximate surface area is 92.5 Å². The van der Waals surface area contributed by atoms with E-state index in [0.29, 0.717) is 12.0 Å². The molecule has 0 saturated heterocycles. The van der Waals surface area contributed by atoms with Crippen molar-refractivity contribution in [3.63, 3.8) is 0 Å². The Balaban J connectivity index is 2.62. The van der Waals surface area contributed by atoms with Crippen molar-refractivity contribution in [3.8, 4) is 0 Å². The van der Waals surface area contributed by atoms with Gasteiger partial charge in [-0.2, -0.15) is 0 Å². The lowest BCUT2D eigenvalue weighted by Gasteiger charge is -2.33. The molecule has 0 heterocycles. The maximum Gasteiger partial charge on any atom is 0.320 e. The lowest BCUT2D eigenvalue weighted by Crippen LogP contribution is -2.46. The predicted molar refractivity (Wildman–Crippen MR) is 60.9 cm³/mol. The Bertz CT molecular complexity index is 210. The summed E-state index contributed by atoms with van der Waals surface area (Å²) >= 11 is 0. The summed E-state index contributed by atoms with van der Waals surface area (Å²) in [6.07, 6.45) is 4.85. The van der Waals surface area contributed by atoms with E-state index < -0.39 is 5.97 Å². The van der Waals surface area contributed by atoms with Crippen molar-refractivity contribution in [3.05, 3.63) is 0 Å². The molecule has 1 fully saturated rings. The van der Waals surface area contributed by atoms with Crippen molar-refractivity contribution in [2.45, 2.75) is 58.5 Å². The minimum atomic E-state index is -0.692. The molecule has 1 aliphatic carbocycles. The van der Waals surface area contributed by atoms with E-state index >= 15 is 0 Å². The van der Waals surface area contributed by atoms with Gasteiger partial charge < -0.3 is 5.11 Å². The molecule has 1 N–H and O–H groups in total. The summed E-state index contributed by atoms with van der Waals surface area (Å²) < 4.78 is 0. The lowest BCUT2D eigenvalue weighted by molar-refractivity contribution is -0.143. The Kier molecular flexibility index (Phi) is 4.58. The molecule has 1 unspecified atom stereocenters. The number of rotatable bonds is 5. The molecule has 15 heavy (non-hydrogen) atoms. The van der Waals surface area contributed by atoms with Crippen LogP contribution in [0.4, 0.5) is 0 Å². The summed E-state index contributed by atoms with van der Waals surface area (Å²) in [5, 5.41) is 9.08. The fraction of sp³-hybridized carbons (Fsp3) is 0.917. The number of aliphatic carboxylic acids is 1. The maximum atomic E-state index is 11.0. The molecule has 1 atom stereocenters. The lowest BCUT2D eigenvalue weighted by atomic mass is 10.1. The molecule has 0 bridgehead atoms. The van der Waals surface area contributed by atoms with Crippen LogP contribution in [0.15, 0.2) is 0 Å². The third-order valence-corrected chi connectivity index (χ3v) is 3.22. The van der Waals surface area contributed by atoms with Gasteiger partial charge in [0, 0.05) is 12.6 Å². The van der Waals surface area contributed by atoms with Crippen LogP contribution in [0.3, 0.4) is 0 Å². The zero-order valence-electron chi connectivity index (χ0n) is 10.1. The van der Waals surface area contributed by atoms with Crippen molar-refractivity contribution < 1.29 is 9.90 Å². The van der Waals surface area contributed by atoms with Gasteiger partial charge >= 0.3 is 5.97 Å². The van der Waals surface area contributed by atoms with Crippen LogP contribution in [0.25, 0.3) is 0 Å². The third kappa shape index (κ3) is 3.49. The molecule has 0 spiro atoms. The molecule has 0 aliphatic heterocycles. The highest BCUT2D eigenvalue weighted by atomic mass is 16.4. The van der Waals surface area contributed by atoms with Gasteiger partial charge in [0.2, 0.25) is 0 Å². The summed E-state index contributed by atoms with van der Waals surface area (Å²) in [5.74, 6) is -0.157. The van der Waals surface area contributed by atoms with Gasteiger partial charge in [0.25, 0.3) is 0 Å². The maximum absolute atomic E-state index is 11.0. The number of carboxylic acids is 1. The van der Waals surface area contributed by atoms with E-state index in [2.05, 4.69) is 18.7 Å². The predicted octanol–water partition coefficient (Wildman–Crippen LogP) is 2.36. The van der Waals surface area contributed by atoms with E-state index in [9.17, 15) is 4.79 Å². The second kappa shape index (κ2) is 5.50. The van der Waals surface area contributed by atoms with Gasteiger partial charge in [-0.25, -0.2) is 0 Å². The highest BCUT2D eigenvalue weighted by Crippen LogP contribution is 2.25. The van der Waals surface area contributed by atoms with Crippen molar-refractivity contribution in [2.75, 3.05) is 6.54 Å². The molecule has 0 aromatic heterocycles. The third-order valence-electron chi connectivity index (χ3n) is 3.22. The SMILES string of the molecule is CC(C)CN(C1CCCC1)C(C)C(=O)O. The van der Waals surface area contributed by atoms with Crippen molar-refractivity contribution in [2.24, 2.45) is 5.92 Å². The second-order valence-corrected chi connectivity index (χ2v) is 5.04. The molecule has 3 heteroatoms. The molecule has 0 radical (unpaired) electrons. The van der Waals surface area contributed by atoms with Crippen LogP contribution in [0.1, 0.15) is 46.5 Å². The summed E-state index contributed by atoms with van der Waals surface area (Å²) in [7, 11) is 0. The highest BCUT2D eigenvalue weighted by Gasteiger charge is 2.30. The van der Waals surface area contributed by atoms with E-state index in [4.69, 9.17) is 5.11 Å². The summed E-state index contributed by atoms with van der Waals surface area (Å²) in [6, 6.07) is 0.161. The zero-order valence-corrected chi connectivity index (χ0v) is 10.1. The molecule has 1 saturated carbocycles. The summed E-state index contributed by atoms with van der Waals surface area (Å²) in [4.78, 5) is 13.2. The number of carbonyl (C=O) groups is 1. The van der Waals surface area contributed by atoms with Gasteiger partial charge in [-0.05, 0) is 25.7 Å². The molecular weight excluding hydrogens is 190 g/mol. The Morgan fingerprint density at radius 1 is 1.33 bits per heavy atom. The minimum absolute atomic E-state index is 0.338. The highest BCUT2D eigenvalue weighted by molar-refractivity contribution is 5.72. The van der Waals surface area contributed by atoms with Crippen molar-refractivity contribution in [1.29, 1.82) is 0 Å². The first-order valence-electron chi connectivity index (χ1n) is 6.01. The van der Waals surface area contributed by atoms with Gasteiger partial charge in [0.05, 0.1) is 0 Å². The summed E-state index contributed by atoms with van der Waals surface area (Å²) in [5.41, 5.74) is 0. The van der Waals surface area contributed by atoms with E-state index in [1.165, 1.54) is 25.7 Å². The summed E-state index contributed by atoms with van der Waals surface area (Å²) in [6.45, 7) is 7.01. The van der Waals surface area contributed by atoms with Crippen LogP contribution in [0, 0.1) is 5.92 Å². The van der Waals surface area contributed by atoms with Crippen LogP contribution in [-0.4, -0.2) is 34.6 Å². The zero-order chi connectivity index (χ0) is 11.4. The largest absolute Gasteiger partial charge is 0.480 e. The van der Waals surface area contributed by atoms with E-state index in [0.717, 1.165) is 6.54 Å². The Hall–Kier alpha value is -0.570. The topological polar surface area (TPSA) is 40.5 Å². The van der Waals surface area contributed by atoms with Crippen LogP contribution in [0.5, 0.6) is 0 Å². The first kappa shape index (κ1) is 12.5. The van der Waals surface area contributed by atoms with E-state index in [-0.39, 0.29) is 6.04 Å². The van der Waals surface area contributed by atoms with Crippen LogP contribution in [-0.2, 0) is 4.79 Å². The quantitative estimate of drug-likeness (QED) is 0.762. The smallest absolute Gasteiger partial charge is 0.320 e. The van der Waals surface area contributed by atoms with Gasteiger partial charge in [-0.15, -0.1) is 0 Å².